The summed E-state index contributed by atoms with van der Waals surface area (Å²) in [5, 5.41) is 3.29. The van der Waals surface area contributed by atoms with E-state index in [1.165, 1.54) is 0 Å². The van der Waals surface area contributed by atoms with Gasteiger partial charge < -0.3 is 19.5 Å². The molecule has 1 aliphatic rings. The Bertz CT molecular complexity index is 390. The first-order valence-electron chi connectivity index (χ1n) is 6.00. The van der Waals surface area contributed by atoms with Crippen molar-refractivity contribution in [3.05, 3.63) is 17.7 Å². The van der Waals surface area contributed by atoms with E-state index in [4.69, 9.17) is 14.2 Å². The second kappa shape index (κ2) is 5.27. The van der Waals surface area contributed by atoms with Crippen molar-refractivity contribution < 1.29 is 14.2 Å². The lowest BCUT2D eigenvalue weighted by atomic mass is 10.1. The summed E-state index contributed by atoms with van der Waals surface area (Å²) in [6.45, 7) is 8.10. The topological polar surface area (TPSA) is 39.7 Å². The number of fused-ring (bicyclic) bond motifs is 1. The van der Waals surface area contributed by atoms with E-state index in [1.54, 1.807) is 0 Å². The van der Waals surface area contributed by atoms with Crippen LogP contribution in [0.1, 0.15) is 26.3 Å². The fourth-order valence-corrected chi connectivity index (χ4v) is 1.73. The minimum atomic E-state index is 0.149. The van der Waals surface area contributed by atoms with Gasteiger partial charge in [-0.3, -0.25) is 0 Å². The highest BCUT2D eigenvalue weighted by Gasteiger charge is 2.18. The smallest absolute Gasteiger partial charge is 0.231 e. The van der Waals surface area contributed by atoms with E-state index >= 15 is 0 Å². The van der Waals surface area contributed by atoms with Gasteiger partial charge in [0.2, 0.25) is 6.79 Å². The molecule has 4 nitrogen and oxygen atoms in total. The van der Waals surface area contributed by atoms with Gasteiger partial charge in [0, 0.05) is 18.2 Å². The van der Waals surface area contributed by atoms with Crippen LogP contribution in [-0.2, 0) is 6.54 Å². The van der Waals surface area contributed by atoms with Crippen LogP contribution < -0.4 is 19.5 Å². The summed E-state index contributed by atoms with van der Waals surface area (Å²) < 4.78 is 16.5. The Balaban J connectivity index is 2.26. The summed E-state index contributed by atoms with van der Waals surface area (Å²) in [6, 6.07) is 3.90. The van der Waals surface area contributed by atoms with Crippen molar-refractivity contribution in [2.75, 3.05) is 13.3 Å². The van der Waals surface area contributed by atoms with E-state index in [9.17, 15) is 0 Å². The zero-order chi connectivity index (χ0) is 12.3. The maximum absolute atomic E-state index is 5.79. The van der Waals surface area contributed by atoms with Gasteiger partial charge in [-0.2, -0.15) is 0 Å². The van der Waals surface area contributed by atoms with Crippen molar-refractivity contribution in [2.45, 2.75) is 33.4 Å². The highest BCUT2D eigenvalue weighted by molar-refractivity contribution is 5.51. The van der Waals surface area contributed by atoms with Crippen LogP contribution in [0, 0.1) is 0 Å². The predicted octanol–water partition coefficient (Wildman–Crippen LogP) is 2.31. The molecule has 4 heteroatoms. The Morgan fingerprint density at radius 1 is 1.29 bits per heavy atom. The van der Waals surface area contributed by atoms with Gasteiger partial charge >= 0.3 is 0 Å². The molecule has 0 saturated heterocycles. The van der Waals surface area contributed by atoms with Crippen molar-refractivity contribution >= 4 is 0 Å². The van der Waals surface area contributed by atoms with Crippen LogP contribution in [-0.4, -0.2) is 19.4 Å². The number of rotatable bonds is 5. The molecule has 0 saturated carbocycles. The normalized spacial score (nSPS) is 13.2. The third kappa shape index (κ3) is 2.82. The van der Waals surface area contributed by atoms with Gasteiger partial charge in [-0.05, 0) is 26.5 Å². The Morgan fingerprint density at radius 3 is 2.65 bits per heavy atom. The van der Waals surface area contributed by atoms with Crippen LogP contribution in [0.3, 0.4) is 0 Å². The summed E-state index contributed by atoms with van der Waals surface area (Å²) >= 11 is 0. The molecule has 0 aromatic heterocycles. The van der Waals surface area contributed by atoms with Crippen LogP contribution >= 0.6 is 0 Å². The highest BCUT2D eigenvalue weighted by Crippen LogP contribution is 2.38. The minimum absolute atomic E-state index is 0.149. The molecule has 2 rings (SSSR count). The standard InChI is InChI=1S/C13H19NO3/c1-4-14-7-10-5-12-13(16-8-15-12)6-11(10)17-9(2)3/h5-6,9,14H,4,7-8H2,1-3H3. The van der Waals surface area contributed by atoms with Crippen LogP contribution in [0.5, 0.6) is 17.2 Å². The van der Waals surface area contributed by atoms with E-state index < -0.39 is 0 Å². The minimum Gasteiger partial charge on any atom is -0.491 e. The van der Waals surface area contributed by atoms with Gasteiger partial charge in [0.15, 0.2) is 11.5 Å². The van der Waals surface area contributed by atoms with E-state index in [1.807, 2.05) is 26.0 Å². The summed E-state index contributed by atoms with van der Waals surface area (Å²) in [4.78, 5) is 0. The fourth-order valence-electron chi connectivity index (χ4n) is 1.73. The van der Waals surface area contributed by atoms with Crippen molar-refractivity contribution in [3.8, 4) is 17.2 Å². The molecule has 0 amide bonds. The first-order valence-corrected chi connectivity index (χ1v) is 6.00. The second-order valence-electron chi connectivity index (χ2n) is 4.26. The van der Waals surface area contributed by atoms with Gasteiger partial charge in [0.1, 0.15) is 5.75 Å². The molecule has 94 valence electrons. The first kappa shape index (κ1) is 12.0. The molecule has 1 heterocycles. The number of nitrogens with one attached hydrogen (secondary N) is 1. The van der Waals surface area contributed by atoms with Gasteiger partial charge in [-0.25, -0.2) is 0 Å². The largest absolute Gasteiger partial charge is 0.491 e. The second-order valence-corrected chi connectivity index (χ2v) is 4.26. The van der Waals surface area contributed by atoms with E-state index in [0.29, 0.717) is 6.79 Å². The lowest BCUT2D eigenvalue weighted by Crippen LogP contribution is -2.14. The summed E-state index contributed by atoms with van der Waals surface area (Å²) in [5.74, 6) is 2.43. The zero-order valence-electron chi connectivity index (χ0n) is 10.6. The van der Waals surface area contributed by atoms with Gasteiger partial charge in [-0.1, -0.05) is 6.92 Å². The maximum atomic E-state index is 5.79. The molecule has 0 fully saturated rings. The van der Waals surface area contributed by atoms with Crippen LogP contribution in [0.25, 0.3) is 0 Å². The Hall–Kier alpha value is -1.42. The predicted molar refractivity (Wildman–Crippen MR) is 65.7 cm³/mol. The van der Waals surface area contributed by atoms with Crippen LogP contribution in [0.4, 0.5) is 0 Å². The van der Waals surface area contributed by atoms with Gasteiger partial charge in [0.05, 0.1) is 6.10 Å². The molecule has 17 heavy (non-hydrogen) atoms. The maximum Gasteiger partial charge on any atom is 0.231 e. The van der Waals surface area contributed by atoms with Crippen LogP contribution in [0.15, 0.2) is 12.1 Å². The monoisotopic (exact) mass is 237 g/mol. The molecule has 1 N–H and O–H groups in total. The van der Waals surface area contributed by atoms with Crippen molar-refractivity contribution in [1.29, 1.82) is 0 Å². The molecule has 0 unspecified atom stereocenters. The SMILES string of the molecule is CCNCc1cc2c(cc1OC(C)C)OCO2. The fraction of sp³-hybridized carbons (Fsp3) is 0.538. The van der Waals surface area contributed by atoms with Crippen molar-refractivity contribution in [2.24, 2.45) is 0 Å². The highest BCUT2D eigenvalue weighted by atomic mass is 16.7. The zero-order valence-corrected chi connectivity index (χ0v) is 10.6. The third-order valence-corrected chi connectivity index (χ3v) is 2.48. The first-order chi connectivity index (χ1) is 8.20. The Labute approximate surface area is 102 Å². The lowest BCUT2D eigenvalue weighted by molar-refractivity contribution is 0.173. The van der Waals surface area contributed by atoms with Crippen molar-refractivity contribution in [1.82, 2.24) is 5.32 Å². The third-order valence-electron chi connectivity index (χ3n) is 2.48. The van der Waals surface area contributed by atoms with E-state index in [0.717, 1.165) is 35.9 Å². The average Bonchev–Trinajstić information content (AvgIpc) is 2.72. The summed E-state index contributed by atoms with van der Waals surface area (Å²) in [6.07, 6.45) is 0.149. The molecule has 0 spiro atoms. The molecule has 0 bridgehead atoms. The summed E-state index contributed by atoms with van der Waals surface area (Å²) in [5.41, 5.74) is 1.10. The number of hydrogen-bond acceptors (Lipinski definition) is 4. The van der Waals surface area contributed by atoms with E-state index in [2.05, 4.69) is 12.2 Å². The number of ether oxygens (including phenoxy) is 3. The van der Waals surface area contributed by atoms with Crippen molar-refractivity contribution in [3.63, 3.8) is 0 Å². The number of hydrogen-bond donors (Lipinski definition) is 1. The average molecular weight is 237 g/mol. The van der Waals surface area contributed by atoms with Gasteiger partial charge in [0.25, 0.3) is 0 Å². The quantitative estimate of drug-likeness (QED) is 0.853. The van der Waals surface area contributed by atoms with Crippen LogP contribution in [0.2, 0.25) is 0 Å². The van der Waals surface area contributed by atoms with Gasteiger partial charge in [-0.15, -0.1) is 0 Å². The molecular formula is C13H19NO3. The molecule has 0 atom stereocenters. The molecular weight excluding hydrogens is 218 g/mol. The molecule has 0 radical (unpaired) electrons. The Morgan fingerprint density at radius 2 is 2.00 bits per heavy atom. The lowest BCUT2D eigenvalue weighted by Gasteiger charge is -2.15. The van der Waals surface area contributed by atoms with E-state index in [-0.39, 0.29) is 6.10 Å². The molecule has 1 aromatic rings. The molecule has 0 aliphatic carbocycles. The molecule has 1 aliphatic heterocycles. The number of benzene rings is 1. The summed E-state index contributed by atoms with van der Waals surface area (Å²) in [7, 11) is 0. The molecule has 1 aromatic carbocycles. The Kier molecular flexibility index (Phi) is 3.74.